The van der Waals surface area contributed by atoms with Gasteiger partial charge in [-0.2, -0.15) is 0 Å². The Morgan fingerprint density at radius 2 is 2.71 bits per heavy atom. The zero-order valence-electron chi connectivity index (χ0n) is 6.38. The van der Waals surface area contributed by atoms with Gasteiger partial charge in [-0.3, -0.25) is 4.79 Å². The molecule has 1 atom stereocenters. The van der Waals surface area contributed by atoms with Crippen LogP contribution in [-0.4, -0.2) is 28.8 Å². The highest BCUT2D eigenvalue weighted by Gasteiger charge is 2.06. The zero-order chi connectivity index (χ0) is 8.58. The number of hydrogen-bond donors (Lipinski definition) is 3. The van der Waals surface area contributed by atoms with Crippen molar-refractivity contribution in [3.05, 3.63) is 0 Å². The summed E-state index contributed by atoms with van der Waals surface area (Å²) in [4.78, 5) is 9.96. The summed E-state index contributed by atoms with van der Waals surface area (Å²) in [6, 6.07) is -3.01. The molecule has 0 radical (unpaired) electrons. The van der Waals surface area contributed by atoms with E-state index in [-0.39, 0.29) is 0 Å². The van der Waals surface area contributed by atoms with Gasteiger partial charge in [0.05, 0.1) is 10.7 Å². The summed E-state index contributed by atoms with van der Waals surface area (Å²) in [5.41, 5.74) is 4.58. The average Bonchev–Trinajstić information content (AvgIpc) is 1.62. The van der Waals surface area contributed by atoms with Gasteiger partial charge in [0.1, 0.15) is 6.02 Å². The standard InChI is InChI=1S/C3H7NO3/c4-2(1-5)3(6)7/h2,5H,1,4H2,(H,6,7)/t2-/m0/s1/i1T2,2T. The summed E-state index contributed by atoms with van der Waals surface area (Å²) in [6.07, 6.45) is 0. The minimum atomic E-state index is -3.24. The Morgan fingerprint density at radius 3 is 2.71 bits per heavy atom. The van der Waals surface area contributed by atoms with Gasteiger partial charge in [0, 0.05) is 0 Å². The first-order chi connectivity index (χ1) is 4.19. The first-order valence-electron chi connectivity index (χ1n) is 2.94. The molecule has 0 amide bonds. The topological polar surface area (TPSA) is 83.5 Å². The number of aliphatic carboxylic acids is 1. The van der Waals surface area contributed by atoms with Crippen LogP contribution in [0.2, 0.25) is 0 Å². The maximum Gasteiger partial charge on any atom is 0.322 e. The van der Waals surface area contributed by atoms with Crippen LogP contribution in [-0.2, 0) is 4.79 Å². The Balaban J connectivity index is 4.57. The van der Waals surface area contributed by atoms with Gasteiger partial charge in [-0.15, -0.1) is 0 Å². The molecule has 7 heavy (non-hydrogen) atoms. The smallest absolute Gasteiger partial charge is 0.322 e. The summed E-state index contributed by atoms with van der Waals surface area (Å²) in [5.74, 6) is -1.92. The van der Waals surface area contributed by atoms with Crippen LogP contribution in [0.15, 0.2) is 0 Å². The molecule has 42 valence electrons. The Morgan fingerprint density at radius 1 is 2.29 bits per heavy atom. The molecule has 0 bridgehead atoms. The van der Waals surface area contributed by atoms with Crippen molar-refractivity contribution in [2.24, 2.45) is 5.73 Å². The first-order valence-corrected chi connectivity index (χ1v) is 1.44. The summed E-state index contributed by atoms with van der Waals surface area (Å²) in [5, 5.41) is 16.4. The van der Waals surface area contributed by atoms with E-state index in [1.807, 2.05) is 0 Å². The minimum absolute atomic E-state index is 1.92. The van der Waals surface area contributed by atoms with E-state index in [0.29, 0.717) is 0 Å². The predicted octanol–water partition coefficient (Wildman–Crippen LogP) is -1.61. The van der Waals surface area contributed by atoms with E-state index in [0.717, 1.165) is 0 Å². The van der Waals surface area contributed by atoms with Crippen molar-refractivity contribution in [1.82, 2.24) is 0 Å². The molecule has 0 aromatic rings. The fourth-order valence-corrected chi connectivity index (χ4v) is 0.0478. The van der Waals surface area contributed by atoms with Gasteiger partial charge in [0.15, 0.2) is 0 Å². The van der Waals surface area contributed by atoms with Crippen molar-refractivity contribution >= 4 is 5.97 Å². The van der Waals surface area contributed by atoms with E-state index in [2.05, 4.69) is 5.73 Å². The van der Waals surface area contributed by atoms with Crippen LogP contribution < -0.4 is 5.73 Å². The van der Waals surface area contributed by atoms with Gasteiger partial charge in [-0.1, -0.05) is 0 Å². The molecule has 0 aliphatic carbocycles. The lowest BCUT2D eigenvalue weighted by atomic mass is 10.3. The van der Waals surface area contributed by atoms with Crippen molar-refractivity contribution in [2.75, 3.05) is 6.56 Å². The largest absolute Gasteiger partial charge is 0.480 e. The third-order valence-electron chi connectivity index (χ3n) is 0.351. The highest BCUT2D eigenvalue weighted by atomic mass is 16.4. The summed E-state index contributed by atoms with van der Waals surface area (Å²) in [7, 11) is 0. The van der Waals surface area contributed by atoms with Crippen molar-refractivity contribution in [2.45, 2.75) is 6.02 Å². The predicted molar refractivity (Wildman–Crippen MR) is 22.7 cm³/mol. The first kappa shape index (κ1) is 2.64. The lowest BCUT2D eigenvalue weighted by Crippen LogP contribution is -2.33. The molecule has 0 unspecified atom stereocenters. The van der Waals surface area contributed by atoms with Crippen LogP contribution in [0.4, 0.5) is 0 Å². The lowest BCUT2D eigenvalue weighted by Gasteiger charge is -1.96. The molecule has 0 spiro atoms. The molecule has 0 heterocycles. The molecule has 4 N–H and O–H groups in total. The van der Waals surface area contributed by atoms with E-state index < -0.39 is 18.5 Å². The fraction of sp³-hybridized carbons (Fsp3) is 0.667. The number of carbonyl (C=O) groups is 1. The number of carboxylic acid groups (broad SMARTS) is 1. The summed E-state index contributed by atoms with van der Waals surface area (Å²) < 4.78 is 19.4. The Bertz CT molecular complexity index is 152. The normalized spacial score (nSPS) is 26.3. The number of nitrogens with two attached hydrogens (primary N) is 1. The van der Waals surface area contributed by atoms with E-state index >= 15 is 0 Å². The Labute approximate surface area is 44.8 Å². The SMILES string of the molecule is [3H]C([3H])(O)[C@]([3H])(N)C(=O)O. The molecule has 0 aliphatic rings. The molecule has 0 saturated carbocycles. The van der Waals surface area contributed by atoms with Crippen molar-refractivity contribution in [1.29, 1.82) is 0 Å². The molecule has 4 heteroatoms. The van der Waals surface area contributed by atoms with Crippen molar-refractivity contribution in [3.8, 4) is 0 Å². The maximum atomic E-state index is 9.96. The maximum absolute atomic E-state index is 9.96. The molecule has 0 fully saturated rings. The van der Waals surface area contributed by atoms with Crippen LogP contribution in [0.1, 0.15) is 4.11 Å². The van der Waals surface area contributed by atoms with Gasteiger partial charge in [0.25, 0.3) is 0 Å². The van der Waals surface area contributed by atoms with Gasteiger partial charge in [-0.25, -0.2) is 0 Å². The van der Waals surface area contributed by atoms with E-state index in [1.54, 1.807) is 0 Å². The van der Waals surface area contributed by atoms with Crippen molar-refractivity contribution in [3.63, 3.8) is 0 Å². The second kappa shape index (κ2) is 2.54. The second-order valence-corrected chi connectivity index (χ2v) is 0.831. The van der Waals surface area contributed by atoms with Crippen molar-refractivity contribution < 1.29 is 19.1 Å². The molecule has 0 rings (SSSR count). The van der Waals surface area contributed by atoms with Crippen LogP contribution >= 0.6 is 0 Å². The van der Waals surface area contributed by atoms with Gasteiger partial charge < -0.3 is 15.9 Å². The van der Waals surface area contributed by atoms with Crippen LogP contribution in [0, 0.1) is 0 Å². The quantitative estimate of drug-likeness (QED) is 0.400. The van der Waals surface area contributed by atoms with Gasteiger partial charge >= 0.3 is 5.97 Å². The van der Waals surface area contributed by atoms with Gasteiger partial charge in [0.2, 0.25) is 0 Å². The van der Waals surface area contributed by atoms with Gasteiger partial charge in [-0.05, 0) is 0 Å². The lowest BCUT2D eigenvalue weighted by molar-refractivity contribution is -0.139. The van der Waals surface area contributed by atoms with E-state index in [4.69, 9.17) is 14.3 Å². The number of hydrogen-bond acceptors (Lipinski definition) is 3. The van der Waals surface area contributed by atoms with Crippen LogP contribution in [0.3, 0.4) is 0 Å². The molecule has 4 nitrogen and oxygen atoms in total. The summed E-state index contributed by atoms with van der Waals surface area (Å²) in [6.45, 7) is -3.24. The average molecular weight is 111 g/mol. The Kier molecular flexibility index (Phi) is 0.958. The molecule has 0 aliphatic heterocycles. The number of rotatable bonds is 2. The van der Waals surface area contributed by atoms with Crippen LogP contribution in [0.25, 0.3) is 0 Å². The second-order valence-electron chi connectivity index (χ2n) is 0.831. The Hall–Kier alpha value is -0.610. The third kappa shape index (κ3) is 2.13. The highest BCUT2D eigenvalue weighted by Crippen LogP contribution is 1.71. The van der Waals surface area contributed by atoms with E-state index in [9.17, 15) is 4.79 Å². The molecule has 0 aromatic heterocycles. The molecular weight excluding hydrogens is 98.0 g/mol. The molecule has 0 saturated heterocycles. The number of aliphatic hydroxyl groups is 1. The van der Waals surface area contributed by atoms with E-state index in [1.165, 1.54) is 0 Å². The molecular formula is C3H7NO3. The fourth-order valence-electron chi connectivity index (χ4n) is 0.0478. The minimum Gasteiger partial charge on any atom is -0.480 e. The number of carboxylic acids is 1. The zero-order valence-corrected chi connectivity index (χ0v) is 3.38. The highest BCUT2D eigenvalue weighted by molar-refractivity contribution is 5.73. The van der Waals surface area contributed by atoms with Crippen LogP contribution in [0.5, 0.6) is 0 Å². The summed E-state index contributed by atoms with van der Waals surface area (Å²) >= 11 is 0. The third-order valence-corrected chi connectivity index (χ3v) is 0.351. The molecule has 0 aromatic carbocycles. The monoisotopic (exact) mass is 111 g/mol.